The molecule has 1 atom stereocenters. The number of para-hydroxylation sites is 1. The van der Waals surface area contributed by atoms with Crippen molar-refractivity contribution in [3.8, 4) is 17.2 Å². The highest BCUT2D eigenvalue weighted by Crippen LogP contribution is 2.42. The van der Waals surface area contributed by atoms with E-state index in [0.717, 1.165) is 32.4 Å². The van der Waals surface area contributed by atoms with Crippen LogP contribution in [0.2, 0.25) is 0 Å². The summed E-state index contributed by atoms with van der Waals surface area (Å²) in [4.78, 5) is 31.3. The van der Waals surface area contributed by atoms with Crippen molar-refractivity contribution in [1.29, 1.82) is 0 Å². The molecule has 42 heavy (non-hydrogen) atoms. The summed E-state index contributed by atoms with van der Waals surface area (Å²) in [7, 11) is 1.53. The van der Waals surface area contributed by atoms with Crippen molar-refractivity contribution in [2.45, 2.75) is 53.0 Å². The van der Waals surface area contributed by atoms with E-state index in [-0.39, 0.29) is 11.3 Å². The van der Waals surface area contributed by atoms with Gasteiger partial charge in [-0.3, -0.25) is 9.59 Å². The van der Waals surface area contributed by atoms with Crippen LogP contribution in [0.25, 0.3) is 11.0 Å². The minimum atomic E-state index is -0.844. The third-order valence-electron chi connectivity index (χ3n) is 7.64. The molecule has 1 aromatic heterocycles. The number of ether oxygens (including phenoxy) is 3. The van der Waals surface area contributed by atoms with E-state index in [2.05, 4.69) is 25.7 Å². The molecule has 3 aromatic rings. The largest absolute Gasteiger partial charge is 0.503 e. The lowest BCUT2D eigenvalue weighted by Gasteiger charge is -2.29. The Bertz CT molecular complexity index is 1420. The number of likely N-dealkylation sites (N-methyl/N-ethyl adjacent to an activating group) is 1. The summed E-state index contributed by atoms with van der Waals surface area (Å²) in [5, 5.41) is 11.9. The second-order valence-electron chi connectivity index (χ2n) is 10.2. The second kappa shape index (κ2) is 14.3. The number of aliphatic hydroxyl groups excluding tert-OH is 1. The van der Waals surface area contributed by atoms with Crippen LogP contribution in [-0.4, -0.2) is 73.1 Å². The number of aliphatic hydroxyl groups is 1. The van der Waals surface area contributed by atoms with E-state index in [9.17, 15) is 14.7 Å². The summed E-state index contributed by atoms with van der Waals surface area (Å²) in [5.74, 6) is -0.111. The molecule has 0 saturated carbocycles. The van der Waals surface area contributed by atoms with E-state index < -0.39 is 23.5 Å². The molecule has 0 bridgehead atoms. The van der Waals surface area contributed by atoms with Gasteiger partial charge in [0.2, 0.25) is 5.78 Å². The van der Waals surface area contributed by atoms with Crippen LogP contribution in [0.5, 0.6) is 17.2 Å². The molecule has 2 aromatic carbocycles. The molecule has 1 N–H and O–H groups in total. The summed E-state index contributed by atoms with van der Waals surface area (Å²) >= 11 is 0. The minimum Gasteiger partial charge on any atom is -0.503 e. The van der Waals surface area contributed by atoms with Crippen molar-refractivity contribution in [3.05, 3.63) is 65.1 Å². The number of hydrogen-bond acceptors (Lipinski definition) is 8. The molecule has 0 fully saturated rings. The van der Waals surface area contributed by atoms with E-state index in [1.54, 1.807) is 29.2 Å². The quantitative estimate of drug-likeness (QED) is 0.155. The molecular formula is C33H42N2O7. The van der Waals surface area contributed by atoms with Gasteiger partial charge in [0.15, 0.2) is 34.4 Å². The third kappa shape index (κ3) is 6.41. The first-order valence-electron chi connectivity index (χ1n) is 14.8. The fourth-order valence-electron chi connectivity index (χ4n) is 5.31. The predicted molar refractivity (Wildman–Crippen MR) is 162 cm³/mol. The molecule has 9 heteroatoms. The number of unbranched alkanes of at least 4 members (excludes halogenated alkanes) is 2. The Labute approximate surface area is 247 Å². The first-order chi connectivity index (χ1) is 20.4. The summed E-state index contributed by atoms with van der Waals surface area (Å²) in [5.41, 5.74) is 1.02. The third-order valence-corrected chi connectivity index (χ3v) is 7.64. The Hall–Kier alpha value is -3.98. The fraction of sp³-hybridized carbons (Fsp3) is 0.455. The van der Waals surface area contributed by atoms with Crippen molar-refractivity contribution in [2.24, 2.45) is 0 Å². The normalized spacial score (nSPS) is 15.2. The number of methoxy groups -OCH3 is 1. The highest BCUT2D eigenvalue weighted by Gasteiger charge is 2.44. The maximum atomic E-state index is 14.0. The van der Waals surface area contributed by atoms with Gasteiger partial charge in [-0.2, -0.15) is 0 Å². The number of fused-ring (bicyclic) bond motifs is 1. The average Bonchev–Trinajstić information content (AvgIpc) is 3.55. The summed E-state index contributed by atoms with van der Waals surface area (Å²) in [6, 6.07) is 11.6. The molecule has 226 valence electrons. The van der Waals surface area contributed by atoms with Gasteiger partial charge in [-0.15, -0.1) is 0 Å². The highest BCUT2D eigenvalue weighted by atomic mass is 16.5. The fourth-order valence-corrected chi connectivity index (χ4v) is 5.31. The van der Waals surface area contributed by atoms with Crippen molar-refractivity contribution in [2.75, 3.05) is 46.5 Å². The van der Waals surface area contributed by atoms with Gasteiger partial charge in [-0.1, -0.05) is 51.8 Å². The Morgan fingerprint density at radius 3 is 2.48 bits per heavy atom. The van der Waals surface area contributed by atoms with Gasteiger partial charge in [0.05, 0.1) is 31.9 Å². The Balaban J connectivity index is 1.76. The van der Waals surface area contributed by atoms with Crippen molar-refractivity contribution in [3.63, 3.8) is 0 Å². The first kappa shape index (κ1) is 31.0. The molecule has 1 aliphatic rings. The van der Waals surface area contributed by atoms with Crippen molar-refractivity contribution >= 4 is 22.7 Å². The predicted octanol–water partition coefficient (Wildman–Crippen LogP) is 6.33. The zero-order chi connectivity index (χ0) is 30.2. The summed E-state index contributed by atoms with van der Waals surface area (Å²) in [6.45, 7) is 11.6. The maximum absolute atomic E-state index is 14.0. The Morgan fingerprint density at radius 2 is 1.79 bits per heavy atom. The molecule has 2 heterocycles. The van der Waals surface area contributed by atoms with Gasteiger partial charge < -0.3 is 33.5 Å². The van der Waals surface area contributed by atoms with E-state index in [1.165, 1.54) is 7.11 Å². The van der Waals surface area contributed by atoms with Crippen LogP contribution >= 0.6 is 0 Å². The van der Waals surface area contributed by atoms with Crippen LogP contribution in [0.1, 0.15) is 69.1 Å². The van der Waals surface area contributed by atoms with Crippen LogP contribution in [0.15, 0.2) is 58.2 Å². The summed E-state index contributed by atoms with van der Waals surface area (Å²) < 4.78 is 23.3. The molecule has 9 nitrogen and oxygen atoms in total. The summed E-state index contributed by atoms with van der Waals surface area (Å²) in [6.07, 6.45) is 3.08. The van der Waals surface area contributed by atoms with Crippen LogP contribution in [-0.2, 0) is 4.79 Å². The van der Waals surface area contributed by atoms with E-state index >= 15 is 0 Å². The van der Waals surface area contributed by atoms with E-state index in [1.807, 2.05) is 25.1 Å². The zero-order valence-corrected chi connectivity index (χ0v) is 25.3. The molecule has 1 aliphatic heterocycles. The average molecular weight is 579 g/mol. The number of nitrogens with zero attached hydrogens (tertiary/aromatic N) is 2. The number of benzene rings is 2. The number of rotatable bonds is 16. The SMILES string of the molecule is CCCCCOc1ccc(C2C(C(=O)c3cc4cccc(OC)c4o3)=C(O)C(=O)N2CCN(CC)CC)cc1OCC. The van der Waals surface area contributed by atoms with Gasteiger partial charge in [-0.05, 0) is 56.3 Å². The smallest absolute Gasteiger partial charge is 0.290 e. The Kier molecular flexibility index (Phi) is 10.5. The number of carbonyl (C=O) groups is 2. The Morgan fingerprint density at radius 1 is 1.00 bits per heavy atom. The van der Waals surface area contributed by atoms with Gasteiger partial charge >= 0.3 is 0 Å². The van der Waals surface area contributed by atoms with Gasteiger partial charge in [0, 0.05) is 18.5 Å². The lowest BCUT2D eigenvalue weighted by molar-refractivity contribution is -0.129. The van der Waals surface area contributed by atoms with Crippen molar-refractivity contribution in [1.82, 2.24) is 9.80 Å². The molecule has 1 amide bonds. The second-order valence-corrected chi connectivity index (χ2v) is 10.2. The molecule has 1 unspecified atom stereocenters. The standard InChI is InChI=1S/C33H42N2O7/c1-6-10-11-19-41-24-16-15-22(20-26(24)40-9-4)29-28(31(37)33(38)35(29)18-17-34(7-2)8-3)30(36)27-21-23-13-12-14-25(39-5)32(23)42-27/h12-16,20-21,29,37H,6-11,17-19H2,1-5H3. The van der Waals surface area contributed by atoms with Crippen molar-refractivity contribution < 1.29 is 33.3 Å². The van der Waals surface area contributed by atoms with Crippen LogP contribution in [0.3, 0.4) is 0 Å². The molecule has 0 radical (unpaired) electrons. The minimum absolute atomic E-state index is 0.0142. The number of carbonyl (C=O) groups excluding carboxylic acids is 2. The molecular weight excluding hydrogens is 536 g/mol. The maximum Gasteiger partial charge on any atom is 0.290 e. The number of Topliss-reactive ketones (excluding diaryl/α,β-unsaturated/α-hetero) is 1. The van der Waals surface area contributed by atoms with Crippen LogP contribution in [0, 0.1) is 0 Å². The molecule has 4 rings (SSSR count). The van der Waals surface area contributed by atoms with E-state index in [4.69, 9.17) is 18.6 Å². The molecule has 0 aliphatic carbocycles. The number of hydrogen-bond donors (Lipinski definition) is 1. The zero-order valence-electron chi connectivity index (χ0n) is 25.3. The lowest BCUT2D eigenvalue weighted by atomic mass is 9.94. The van der Waals surface area contributed by atoms with Gasteiger partial charge in [0.25, 0.3) is 5.91 Å². The monoisotopic (exact) mass is 578 g/mol. The van der Waals surface area contributed by atoms with Crippen LogP contribution in [0.4, 0.5) is 0 Å². The van der Waals surface area contributed by atoms with Gasteiger partial charge in [0.1, 0.15) is 0 Å². The van der Waals surface area contributed by atoms with Gasteiger partial charge in [-0.25, -0.2) is 0 Å². The first-order valence-corrected chi connectivity index (χ1v) is 14.8. The molecule has 0 spiro atoms. The topological polar surface area (TPSA) is 102 Å². The highest BCUT2D eigenvalue weighted by molar-refractivity contribution is 6.16. The number of furan rings is 1. The number of amides is 1. The molecule has 0 saturated heterocycles. The van der Waals surface area contributed by atoms with Crippen LogP contribution < -0.4 is 14.2 Å². The van der Waals surface area contributed by atoms with E-state index in [0.29, 0.717) is 60.1 Å². The number of ketones is 1. The lowest BCUT2D eigenvalue weighted by Crippen LogP contribution is -2.38.